The van der Waals surface area contributed by atoms with Crippen LogP contribution in [-0.2, 0) is 13.5 Å². The van der Waals surface area contributed by atoms with E-state index < -0.39 is 0 Å². The average molecular weight is 262 g/mol. The Morgan fingerprint density at radius 1 is 1.33 bits per heavy atom. The highest BCUT2D eigenvalue weighted by atomic mass is 79.9. The monoisotopic (exact) mass is 261 g/mol. The van der Waals surface area contributed by atoms with Gasteiger partial charge in [-0.05, 0) is 31.0 Å². The topological polar surface area (TPSA) is 4.93 Å². The van der Waals surface area contributed by atoms with Crippen LogP contribution in [0, 0.1) is 0 Å². The molecular weight excluding hydrogens is 250 g/mol. The van der Waals surface area contributed by atoms with Crippen LogP contribution < -0.4 is 0 Å². The highest BCUT2D eigenvalue weighted by Crippen LogP contribution is 2.31. The first-order valence-corrected chi connectivity index (χ1v) is 6.00. The van der Waals surface area contributed by atoms with Crippen LogP contribution in [0.3, 0.4) is 0 Å². The van der Waals surface area contributed by atoms with Gasteiger partial charge in [0.05, 0.1) is 0 Å². The third kappa shape index (κ3) is 1.28. The molecular formula is C13H12BrN. The molecule has 0 saturated carbocycles. The van der Waals surface area contributed by atoms with Gasteiger partial charge in [0, 0.05) is 33.7 Å². The van der Waals surface area contributed by atoms with Crippen molar-refractivity contribution in [2.24, 2.45) is 7.05 Å². The van der Waals surface area contributed by atoms with E-state index in [1.54, 1.807) is 0 Å². The van der Waals surface area contributed by atoms with E-state index in [2.05, 4.69) is 57.9 Å². The number of nitrogens with zero attached hydrogens (tertiary/aromatic N) is 1. The van der Waals surface area contributed by atoms with Crippen LogP contribution in [-0.4, -0.2) is 4.57 Å². The number of halogens is 1. The molecule has 0 N–H and O–H groups in total. The molecule has 2 heteroatoms. The quantitative estimate of drug-likeness (QED) is 0.678. The maximum absolute atomic E-state index is 3.54. The minimum atomic E-state index is 1.15. The van der Waals surface area contributed by atoms with E-state index in [1.165, 1.54) is 28.6 Å². The Bertz CT molecular complexity index is 563. The molecule has 0 aliphatic heterocycles. The van der Waals surface area contributed by atoms with Crippen LogP contribution >= 0.6 is 15.9 Å². The number of aryl methyl sites for hydroxylation is 1. The maximum atomic E-state index is 3.54. The Labute approximate surface area is 97.5 Å². The van der Waals surface area contributed by atoms with Gasteiger partial charge in [0.2, 0.25) is 0 Å². The molecule has 15 heavy (non-hydrogen) atoms. The minimum absolute atomic E-state index is 1.15. The largest absolute Gasteiger partial charge is 0.347 e. The summed E-state index contributed by atoms with van der Waals surface area (Å²) in [5, 5.41) is 1.36. The Kier molecular flexibility index (Phi) is 1.99. The van der Waals surface area contributed by atoms with Crippen molar-refractivity contribution < 1.29 is 0 Å². The summed E-state index contributed by atoms with van der Waals surface area (Å²) >= 11 is 3.54. The van der Waals surface area contributed by atoms with Gasteiger partial charge in [-0.1, -0.05) is 28.1 Å². The zero-order valence-electron chi connectivity index (χ0n) is 8.63. The van der Waals surface area contributed by atoms with Crippen LogP contribution in [0.1, 0.15) is 17.7 Å². The lowest BCUT2D eigenvalue weighted by atomic mass is 10.0. The van der Waals surface area contributed by atoms with Gasteiger partial charge in [0.25, 0.3) is 0 Å². The molecule has 1 aromatic carbocycles. The molecule has 76 valence electrons. The van der Waals surface area contributed by atoms with Crippen molar-refractivity contribution in [3.63, 3.8) is 0 Å². The normalized spacial score (nSPS) is 14.5. The number of hydrogen-bond donors (Lipinski definition) is 0. The van der Waals surface area contributed by atoms with Crippen molar-refractivity contribution in [3.05, 3.63) is 40.0 Å². The van der Waals surface area contributed by atoms with Gasteiger partial charge in [-0.2, -0.15) is 0 Å². The summed E-state index contributed by atoms with van der Waals surface area (Å²) < 4.78 is 3.48. The maximum Gasteiger partial charge on any atom is 0.0486 e. The van der Waals surface area contributed by atoms with E-state index in [1.807, 2.05) is 0 Å². The van der Waals surface area contributed by atoms with Crippen LogP contribution in [0.15, 0.2) is 28.7 Å². The Morgan fingerprint density at radius 2 is 2.20 bits per heavy atom. The molecule has 1 aliphatic rings. The molecule has 0 amide bonds. The van der Waals surface area contributed by atoms with E-state index >= 15 is 0 Å². The molecule has 2 aromatic rings. The van der Waals surface area contributed by atoms with Crippen molar-refractivity contribution in [1.29, 1.82) is 0 Å². The second kappa shape index (κ2) is 3.24. The van der Waals surface area contributed by atoms with Crippen molar-refractivity contribution in [3.8, 4) is 0 Å². The van der Waals surface area contributed by atoms with Gasteiger partial charge < -0.3 is 4.57 Å². The molecule has 1 nitrogen and oxygen atoms in total. The summed E-state index contributed by atoms with van der Waals surface area (Å²) in [6, 6.07) is 6.51. The molecule has 0 spiro atoms. The SMILES string of the molecule is Cn1c2c(c3cc(Br)ccc31)C=CCC2. The smallest absolute Gasteiger partial charge is 0.0486 e. The summed E-state index contributed by atoms with van der Waals surface area (Å²) in [5.74, 6) is 0. The Balaban J connectivity index is 2.46. The minimum Gasteiger partial charge on any atom is -0.347 e. The fourth-order valence-electron chi connectivity index (χ4n) is 2.41. The van der Waals surface area contributed by atoms with Crippen LogP contribution in [0.4, 0.5) is 0 Å². The molecule has 1 aliphatic carbocycles. The highest BCUT2D eigenvalue weighted by Gasteiger charge is 2.14. The van der Waals surface area contributed by atoms with Gasteiger partial charge in [-0.25, -0.2) is 0 Å². The van der Waals surface area contributed by atoms with E-state index in [0.29, 0.717) is 0 Å². The molecule has 3 rings (SSSR count). The third-order valence-corrected chi connectivity index (χ3v) is 3.65. The highest BCUT2D eigenvalue weighted by molar-refractivity contribution is 9.10. The lowest BCUT2D eigenvalue weighted by molar-refractivity contribution is 0.824. The van der Waals surface area contributed by atoms with Gasteiger partial charge in [0.15, 0.2) is 0 Å². The van der Waals surface area contributed by atoms with Crippen molar-refractivity contribution >= 4 is 32.9 Å². The van der Waals surface area contributed by atoms with Gasteiger partial charge in [-0.3, -0.25) is 0 Å². The first-order valence-electron chi connectivity index (χ1n) is 5.21. The fraction of sp³-hybridized carbons (Fsp3) is 0.231. The third-order valence-electron chi connectivity index (χ3n) is 3.16. The molecule has 1 aromatic heterocycles. The standard InChI is InChI=1S/C13H12BrN/c1-15-12-5-3-2-4-10(12)11-8-9(14)6-7-13(11)15/h2,4,6-8H,3,5H2,1H3. The first-order chi connectivity index (χ1) is 7.27. The van der Waals surface area contributed by atoms with Crippen LogP contribution in [0.2, 0.25) is 0 Å². The Hall–Kier alpha value is -1.02. The van der Waals surface area contributed by atoms with Gasteiger partial charge in [0.1, 0.15) is 0 Å². The summed E-state index contributed by atoms with van der Waals surface area (Å²) in [7, 11) is 2.16. The van der Waals surface area contributed by atoms with Gasteiger partial charge in [-0.15, -0.1) is 0 Å². The number of rotatable bonds is 0. The first kappa shape index (κ1) is 9.22. The van der Waals surface area contributed by atoms with E-state index in [0.717, 1.165) is 10.9 Å². The van der Waals surface area contributed by atoms with Crippen LogP contribution in [0.25, 0.3) is 17.0 Å². The molecule has 0 atom stereocenters. The molecule has 0 saturated heterocycles. The second-order valence-corrected chi connectivity index (χ2v) is 4.94. The Morgan fingerprint density at radius 3 is 3.07 bits per heavy atom. The second-order valence-electron chi connectivity index (χ2n) is 4.02. The van der Waals surface area contributed by atoms with Gasteiger partial charge >= 0.3 is 0 Å². The van der Waals surface area contributed by atoms with Crippen molar-refractivity contribution in [2.45, 2.75) is 12.8 Å². The van der Waals surface area contributed by atoms with Crippen LogP contribution in [0.5, 0.6) is 0 Å². The zero-order chi connectivity index (χ0) is 10.4. The molecule has 0 unspecified atom stereocenters. The lowest BCUT2D eigenvalue weighted by Gasteiger charge is -2.07. The predicted octanol–water partition coefficient (Wildman–Crippen LogP) is 3.90. The molecule has 1 heterocycles. The fourth-order valence-corrected chi connectivity index (χ4v) is 2.77. The summed E-state index contributed by atoms with van der Waals surface area (Å²) in [6.07, 6.45) is 6.85. The lowest BCUT2D eigenvalue weighted by Crippen LogP contribution is -1.99. The average Bonchev–Trinajstić information content (AvgIpc) is 2.54. The summed E-state index contributed by atoms with van der Waals surface area (Å²) in [6.45, 7) is 0. The van der Waals surface area contributed by atoms with Crippen molar-refractivity contribution in [1.82, 2.24) is 4.57 Å². The van der Waals surface area contributed by atoms with Crippen molar-refractivity contribution in [2.75, 3.05) is 0 Å². The van der Waals surface area contributed by atoms with E-state index in [9.17, 15) is 0 Å². The number of benzene rings is 1. The summed E-state index contributed by atoms with van der Waals surface area (Å²) in [5.41, 5.74) is 4.19. The molecule has 0 bridgehead atoms. The van der Waals surface area contributed by atoms with E-state index in [4.69, 9.17) is 0 Å². The number of fused-ring (bicyclic) bond motifs is 3. The zero-order valence-corrected chi connectivity index (χ0v) is 10.2. The number of aromatic nitrogens is 1. The molecule has 0 radical (unpaired) electrons. The molecule has 0 fully saturated rings. The summed E-state index contributed by atoms with van der Waals surface area (Å²) in [4.78, 5) is 0. The number of hydrogen-bond acceptors (Lipinski definition) is 0. The number of allylic oxidation sites excluding steroid dienone is 1. The predicted molar refractivity (Wildman–Crippen MR) is 68.0 cm³/mol. The van der Waals surface area contributed by atoms with E-state index in [-0.39, 0.29) is 0 Å².